The van der Waals surface area contributed by atoms with Gasteiger partial charge in [0.15, 0.2) is 0 Å². The van der Waals surface area contributed by atoms with E-state index in [1.165, 1.54) is 0 Å². The summed E-state index contributed by atoms with van der Waals surface area (Å²) in [6.45, 7) is 3.84. The van der Waals surface area contributed by atoms with Crippen LogP contribution in [0.1, 0.15) is 28.4 Å². The van der Waals surface area contributed by atoms with Gasteiger partial charge in [0.1, 0.15) is 0 Å². The van der Waals surface area contributed by atoms with Crippen LogP contribution in [0.4, 0.5) is 0 Å². The fraction of sp³-hybridized carbons (Fsp3) is 0.111. The minimum absolute atomic E-state index is 0.197. The number of amides is 1. The average Bonchev–Trinajstić information content (AvgIpc) is 2.48. The van der Waals surface area contributed by atoms with Gasteiger partial charge < -0.3 is 0 Å². The fourth-order valence-electron chi connectivity index (χ4n) is 1.93. The molecule has 3 heteroatoms. The third kappa shape index (κ3) is 4.42. The molecule has 2 rings (SSSR count). The zero-order valence-corrected chi connectivity index (χ0v) is 12.2. The van der Waals surface area contributed by atoms with E-state index in [0.717, 1.165) is 16.7 Å². The van der Waals surface area contributed by atoms with E-state index in [4.69, 9.17) is 0 Å². The van der Waals surface area contributed by atoms with Crippen molar-refractivity contribution in [3.8, 4) is 0 Å². The second-order valence-corrected chi connectivity index (χ2v) is 4.81. The van der Waals surface area contributed by atoms with Gasteiger partial charge in [-0.25, -0.2) is 5.43 Å². The SMILES string of the molecule is CC(C=NNC(=O)c1ccccc1C)=Cc1ccccc1. The van der Waals surface area contributed by atoms with E-state index in [9.17, 15) is 4.79 Å². The molecule has 0 saturated heterocycles. The van der Waals surface area contributed by atoms with Crippen LogP contribution in [0.3, 0.4) is 0 Å². The van der Waals surface area contributed by atoms with E-state index >= 15 is 0 Å². The molecule has 0 aliphatic carbocycles. The van der Waals surface area contributed by atoms with Crippen molar-refractivity contribution in [2.24, 2.45) is 5.10 Å². The van der Waals surface area contributed by atoms with Gasteiger partial charge in [0.05, 0.1) is 6.21 Å². The van der Waals surface area contributed by atoms with Crippen LogP contribution < -0.4 is 5.43 Å². The maximum absolute atomic E-state index is 12.0. The number of nitrogens with one attached hydrogen (secondary N) is 1. The van der Waals surface area contributed by atoms with Crippen molar-refractivity contribution in [1.82, 2.24) is 5.43 Å². The first-order valence-corrected chi connectivity index (χ1v) is 6.79. The molecule has 2 aromatic rings. The first kappa shape index (κ1) is 14.7. The van der Waals surface area contributed by atoms with E-state index < -0.39 is 0 Å². The number of allylic oxidation sites excluding steroid dienone is 1. The Hall–Kier alpha value is -2.68. The molecule has 0 saturated carbocycles. The Morgan fingerprint density at radius 2 is 1.71 bits per heavy atom. The summed E-state index contributed by atoms with van der Waals surface area (Å²) in [6, 6.07) is 17.4. The van der Waals surface area contributed by atoms with E-state index in [-0.39, 0.29) is 5.91 Å². The van der Waals surface area contributed by atoms with Gasteiger partial charge in [-0.1, -0.05) is 54.6 Å². The molecule has 0 aliphatic heterocycles. The third-order valence-electron chi connectivity index (χ3n) is 3.02. The molecule has 1 amide bonds. The van der Waals surface area contributed by atoms with Gasteiger partial charge in [-0.15, -0.1) is 0 Å². The number of aryl methyl sites for hydroxylation is 1. The summed E-state index contributed by atoms with van der Waals surface area (Å²) in [5.41, 5.74) is 6.18. The van der Waals surface area contributed by atoms with Crippen LogP contribution in [0, 0.1) is 6.92 Å². The number of hydrogen-bond donors (Lipinski definition) is 1. The van der Waals surface area contributed by atoms with Crippen LogP contribution in [-0.2, 0) is 0 Å². The van der Waals surface area contributed by atoms with Crippen molar-refractivity contribution in [1.29, 1.82) is 0 Å². The topological polar surface area (TPSA) is 41.5 Å². The van der Waals surface area contributed by atoms with Crippen molar-refractivity contribution in [2.45, 2.75) is 13.8 Å². The molecule has 0 unspecified atom stereocenters. The Morgan fingerprint density at radius 1 is 1.05 bits per heavy atom. The van der Waals surface area contributed by atoms with Gasteiger partial charge >= 0.3 is 0 Å². The Labute approximate surface area is 125 Å². The molecule has 0 fully saturated rings. The Morgan fingerprint density at radius 3 is 2.43 bits per heavy atom. The summed E-state index contributed by atoms with van der Waals surface area (Å²) >= 11 is 0. The standard InChI is InChI=1S/C18H18N2O/c1-14(12-16-9-4-3-5-10-16)13-19-20-18(21)17-11-7-6-8-15(17)2/h3-13H,1-2H3,(H,20,21). The lowest BCUT2D eigenvalue weighted by Crippen LogP contribution is -2.18. The van der Waals surface area contributed by atoms with Crippen molar-refractivity contribution in [3.05, 3.63) is 76.9 Å². The molecule has 1 N–H and O–H groups in total. The van der Waals surface area contributed by atoms with Crippen LogP contribution in [-0.4, -0.2) is 12.1 Å². The molecule has 0 atom stereocenters. The van der Waals surface area contributed by atoms with Gasteiger partial charge in [0.25, 0.3) is 5.91 Å². The van der Waals surface area contributed by atoms with Crippen molar-refractivity contribution in [2.75, 3.05) is 0 Å². The van der Waals surface area contributed by atoms with E-state index in [0.29, 0.717) is 5.56 Å². The van der Waals surface area contributed by atoms with Gasteiger partial charge in [-0.05, 0) is 36.6 Å². The highest BCUT2D eigenvalue weighted by Gasteiger charge is 2.05. The van der Waals surface area contributed by atoms with Crippen LogP contribution in [0.25, 0.3) is 6.08 Å². The van der Waals surface area contributed by atoms with E-state index in [1.54, 1.807) is 12.3 Å². The molecule has 0 heterocycles. The fourth-order valence-corrected chi connectivity index (χ4v) is 1.93. The lowest BCUT2D eigenvalue weighted by Gasteiger charge is -2.03. The number of nitrogens with zero attached hydrogens (tertiary/aromatic N) is 1. The van der Waals surface area contributed by atoms with Gasteiger partial charge in [0.2, 0.25) is 0 Å². The Kier molecular flexibility index (Phi) is 5.04. The maximum Gasteiger partial charge on any atom is 0.271 e. The summed E-state index contributed by atoms with van der Waals surface area (Å²) in [6.07, 6.45) is 3.65. The smallest absolute Gasteiger partial charge is 0.267 e. The number of hydrogen-bond acceptors (Lipinski definition) is 2. The lowest BCUT2D eigenvalue weighted by molar-refractivity contribution is 0.0954. The maximum atomic E-state index is 12.0. The van der Waals surface area contributed by atoms with Gasteiger partial charge in [0, 0.05) is 5.56 Å². The lowest BCUT2D eigenvalue weighted by atomic mass is 10.1. The number of rotatable bonds is 4. The molecule has 0 bridgehead atoms. The molecule has 0 spiro atoms. The molecule has 0 radical (unpaired) electrons. The van der Waals surface area contributed by atoms with Crippen LogP contribution in [0.2, 0.25) is 0 Å². The molecule has 21 heavy (non-hydrogen) atoms. The first-order chi connectivity index (χ1) is 10.2. The monoisotopic (exact) mass is 278 g/mol. The molecular formula is C18H18N2O. The summed E-state index contributed by atoms with van der Waals surface area (Å²) < 4.78 is 0. The largest absolute Gasteiger partial charge is 0.271 e. The molecule has 2 aromatic carbocycles. The zero-order valence-electron chi connectivity index (χ0n) is 12.2. The number of hydrazone groups is 1. The second-order valence-electron chi connectivity index (χ2n) is 4.81. The summed E-state index contributed by atoms with van der Waals surface area (Å²) in [5, 5.41) is 3.99. The normalized spacial score (nSPS) is 11.6. The molecule has 0 aliphatic rings. The van der Waals surface area contributed by atoms with Crippen molar-refractivity contribution < 1.29 is 4.79 Å². The summed E-state index contributed by atoms with van der Waals surface area (Å²) in [7, 11) is 0. The number of carbonyl (C=O) groups is 1. The van der Waals surface area contributed by atoms with Crippen molar-refractivity contribution in [3.63, 3.8) is 0 Å². The van der Waals surface area contributed by atoms with E-state index in [1.807, 2.05) is 68.5 Å². The highest BCUT2D eigenvalue weighted by atomic mass is 16.2. The van der Waals surface area contributed by atoms with Crippen LogP contribution in [0.5, 0.6) is 0 Å². The minimum atomic E-state index is -0.197. The Bertz CT molecular complexity index is 673. The minimum Gasteiger partial charge on any atom is -0.267 e. The molecule has 0 aromatic heterocycles. The first-order valence-electron chi connectivity index (χ1n) is 6.79. The summed E-state index contributed by atoms with van der Waals surface area (Å²) in [5.74, 6) is -0.197. The van der Waals surface area contributed by atoms with Gasteiger partial charge in [-0.3, -0.25) is 4.79 Å². The molecule has 3 nitrogen and oxygen atoms in total. The number of benzene rings is 2. The average molecular weight is 278 g/mol. The predicted octanol–water partition coefficient (Wildman–Crippen LogP) is 3.81. The second kappa shape index (κ2) is 7.20. The van der Waals surface area contributed by atoms with Gasteiger partial charge in [-0.2, -0.15) is 5.10 Å². The van der Waals surface area contributed by atoms with Crippen LogP contribution >= 0.6 is 0 Å². The zero-order chi connectivity index (χ0) is 15.1. The molecular weight excluding hydrogens is 260 g/mol. The third-order valence-corrected chi connectivity index (χ3v) is 3.02. The van der Waals surface area contributed by atoms with Crippen LogP contribution in [0.15, 0.2) is 65.3 Å². The van der Waals surface area contributed by atoms with E-state index in [2.05, 4.69) is 10.5 Å². The highest BCUT2D eigenvalue weighted by molar-refractivity contribution is 5.96. The predicted molar refractivity (Wildman–Crippen MR) is 87.2 cm³/mol. The highest BCUT2D eigenvalue weighted by Crippen LogP contribution is 2.07. The Balaban J connectivity index is 1.98. The van der Waals surface area contributed by atoms with Crippen molar-refractivity contribution >= 4 is 18.2 Å². The molecule has 106 valence electrons. The summed E-state index contributed by atoms with van der Waals surface area (Å²) in [4.78, 5) is 12.0. The number of carbonyl (C=O) groups excluding carboxylic acids is 1. The quantitative estimate of drug-likeness (QED) is 0.670.